The Morgan fingerprint density at radius 2 is 1.70 bits per heavy atom. The summed E-state index contributed by atoms with van der Waals surface area (Å²) in [5.74, 6) is -0.831. The molecule has 0 radical (unpaired) electrons. The van der Waals surface area contributed by atoms with Crippen molar-refractivity contribution in [3.05, 3.63) is 0 Å². The molecule has 0 atom stereocenters. The molecule has 0 aromatic rings. The van der Waals surface area contributed by atoms with E-state index in [0.29, 0.717) is 13.0 Å². The molecule has 0 saturated heterocycles. The van der Waals surface area contributed by atoms with Crippen LogP contribution in [0.25, 0.3) is 0 Å². The fourth-order valence-corrected chi connectivity index (χ4v) is 3.63. The van der Waals surface area contributed by atoms with E-state index in [1.807, 2.05) is 0 Å². The molecule has 0 aliphatic heterocycles. The van der Waals surface area contributed by atoms with E-state index < -0.39 is 5.97 Å². The summed E-state index contributed by atoms with van der Waals surface area (Å²) in [6.07, 6.45) is 3.69. The van der Waals surface area contributed by atoms with E-state index in [1.54, 1.807) is 0 Å². The number of amides is 2. The van der Waals surface area contributed by atoms with Crippen LogP contribution in [0, 0.1) is 10.8 Å². The van der Waals surface area contributed by atoms with Crippen molar-refractivity contribution >= 4 is 12.0 Å². The Bertz CT molecular complexity index is 348. The largest absolute Gasteiger partial charge is 0.481 e. The molecule has 1 aliphatic carbocycles. The average Bonchev–Trinajstić information content (AvgIpc) is 2.19. The quantitative estimate of drug-likeness (QED) is 0.679. The molecule has 0 heterocycles. The Labute approximate surface area is 121 Å². The van der Waals surface area contributed by atoms with Gasteiger partial charge >= 0.3 is 12.0 Å². The highest BCUT2D eigenvalue weighted by Gasteiger charge is 2.38. The normalized spacial score (nSPS) is 21.2. The van der Waals surface area contributed by atoms with Crippen LogP contribution in [0.1, 0.15) is 59.8 Å². The van der Waals surface area contributed by atoms with Crippen molar-refractivity contribution in [1.29, 1.82) is 0 Å². The minimum atomic E-state index is -0.831. The first kappa shape index (κ1) is 16.8. The lowest BCUT2D eigenvalue weighted by Gasteiger charge is -2.45. The summed E-state index contributed by atoms with van der Waals surface area (Å²) in [5, 5.41) is 14.3. The van der Waals surface area contributed by atoms with Crippen molar-refractivity contribution in [2.75, 3.05) is 6.54 Å². The molecule has 3 N–H and O–H groups in total. The second-order valence-corrected chi connectivity index (χ2v) is 7.51. The van der Waals surface area contributed by atoms with Crippen LogP contribution in [-0.4, -0.2) is 29.7 Å². The molecule has 0 spiro atoms. The van der Waals surface area contributed by atoms with Crippen molar-refractivity contribution < 1.29 is 14.7 Å². The molecule has 116 valence electrons. The third kappa shape index (κ3) is 6.26. The molecule has 0 bridgehead atoms. The summed E-state index contributed by atoms with van der Waals surface area (Å²) in [7, 11) is 0. The minimum absolute atomic E-state index is 0.0871. The summed E-state index contributed by atoms with van der Waals surface area (Å²) < 4.78 is 0. The number of hydrogen-bond donors (Lipinski definition) is 3. The smallest absolute Gasteiger partial charge is 0.315 e. The molecule has 1 saturated carbocycles. The van der Waals surface area contributed by atoms with E-state index in [-0.39, 0.29) is 29.3 Å². The van der Waals surface area contributed by atoms with Gasteiger partial charge in [0.05, 0.1) is 0 Å². The zero-order valence-electron chi connectivity index (χ0n) is 13.1. The number of rotatable bonds is 5. The predicted octanol–water partition coefficient (Wildman–Crippen LogP) is 2.76. The van der Waals surface area contributed by atoms with E-state index >= 15 is 0 Å². The van der Waals surface area contributed by atoms with Crippen LogP contribution in [0.4, 0.5) is 4.79 Å². The molecule has 1 aliphatic rings. The van der Waals surface area contributed by atoms with Gasteiger partial charge in [0.1, 0.15) is 0 Å². The molecule has 1 rings (SSSR count). The maximum atomic E-state index is 11.8. The van der Waals surface area contributed by atoms with Gasteiger partial charge < -0.3 is 15.7 Å². The number of hydrogen-bond acceptors (Lipinski definition) is 2. The highest BCUT2D eigenvalue weighted by molar-refractivity contribution is 5.74. The Hall–Kier alpha value is -1.26. The Kier molecular flexibility index (Phi) is 5.42. The second kappa shape index (κ2) is 6.46. The highest BCUT2D eigenvalue weighted by Crippen LogP contribution is 2.45. The number of carboxylic acid groups (broad SMARTS) is 1. The van der Waals surface area contributed by atoms with Gasteiger partial charge in [-0.2, -0.15) is 0 Å². The van der Waals surface area contributed by atoms with E-state index in [4.69, 9.17) is 5.11 Å². The van der Waals surface area contributed by atoms with Gasteiger partial charge in [-0.1, -0.05) is 27.7 Å². The van der Waals surface area contributed by atoms with Crippen molar-refractivity contribution in [3.8, 4) is 0 Å². The maximum absolute atomic E-state index is 11.8. The first-order chi connectivity index (χ1) is 9.10. The molecule has 20 heavy (non-hydrogen) atoms. The van der Waals surface area contributed by atoms with Gasteiger partial charge in [-0.3, -0.25) is 4.79 Å². The Balaban J connectivity index is 2.36. The maximum Gasteiger partial charge on any atom is 0.315 e. The van der Waals surface area contributed by atoms with Crippen molar-refractivity contribution in [1.82, 2.24) is 10.6 Å². The van der Waals surface area contributed by atoms with Crippen LogP contribution in [0.3, 0.4) is 0 Å². The van der Waals surface area contributed by atoms with Gasteiger partial charge in [-0.05, 0) is 36.5 Å². The number of carbonyl (C=O) groups is 2. The Morgan fingerprint density at radius 1 is 1.15 bits per heavy atom. The van der Waals surface area contributed by atoms with Crippen molar-refractivity contribution in [2.24, 2.45) is 10.8 Å². The number of carbonyl (C=O) groups excluding carboxylic acids is 1. The summed E-state index contributed by atoms with van der Waals surface area (Å²) in [6.45, 7) is 9.37. The van der Waals surface area contributed by atoms with Crippen LogP contribution in [0.5, 0.6) is 0 Å². The summed E-state index contributed by atoms with van der Waals surface area (Å²) in [4.78, 5) is 22.2. The molecule has 0 unspecified atom stereocenters. The first-order valence-corrected chi connectivity index (χ1v) is 7.36. The molecule has 1 fully saturated rings. The number of nitrogens with one attached hydrogen (secondary N) is 2. The van der Waals surface area contributed by atoms with E-state index in [9.17, 15) is 9.59 Å². The third-order valence-electron chi connectivity index (χ3n) is 3.74. The van der Waals surface area contributed by atoms with Crippen LogP contribution in [0.15, 0.2) is 0 Å². The average molecular weight is 284 g/mol. The van der Waals surface area contributed by atoms with Crippen LogP contribution >= 0.6 is 0 Å². The van der Waals surface area contributed by atoms with Crippen LogP contribution in [0.2, 0.25) is 0 Å². The molecule has 0 aromatic heterocycles. The molecular formula is C15H28N2O3. The number of urea groups is 1. The molecular weight excluding hydrogens is 256 g/mol. The van der Waals surface area contributed by atoms with E-state index in [1.165, 1.54) is 6.42 Å². The lowest BCUT2D eigenvalue weighted by molar-refractivity contribution is -0.137. The molecule has 2 amide bonds. The summed E-state index contributed by atoms with van der Waals surface area (Å²) in [6, 6.07) is 0.00196. The molecule has 5 nitrogen and oxygen atoms in total. The number of carboxylic acids is 1. The van der Waals surface area contributed by atoms with E-state index in [0.717, 1.165) is 12.8 Å². The monoisotopic (exact) mass is 284 g/mol. The van der Waals surface area contributed by atoms with Crippen LogP contribution < -0.4 is 10.6 Å². The van der Waals surface area contributed by atoms with Gasteiger partial charge in [0.2, 0.25) is 0 Å². The summed E-state index contributed by atoms with van der Waals surface area (Å²) in [5.41, 5.74) is 0.478. The minimum Gasteiger partial charge on any atom is -0.481 e. The second-order valence-electron chi connectivity index (χ2n) is 7.51. The predicted molar refractivity (Wildman–Crippen MR) is 78.6 cm³/mol. The lowest BCUT2D eigenvalue weighted by atomic mass is 9.63. The SMILES string of the molecule is CC1(C)CC(NC(=O)NCCCC(=O)O)CC(C)(C)C1. The fraction of sp³-hybridized carbons (Fsp3) is 0.867. The fourth-order valence-electron chi connectivity index (χ4n) is 3.63. The zero-order valence-corrected chi connectivity index (χ0v) is 13.1. The van der Waals surface area contributed by atoms with Gasteiger partial charge in [0.15, 0.2) is 0 Å². The van der Waals surface area contributed by atoms with Gasteiger partial charge in [-0.15, -0.1) is 0 Å². The van der Waals surface area contributed by atoms with Crippen LogP contribution in [-0.2, 0) is 4.79 Å². The van der Waals surface area contributed by atoms with E-state index in [2.05, 4.69) is 38.3 Å². The summed E-state index contributed by atoms with van der Waals surface area (Å²) >= 11 is 0. The van der Waals surface area contributed by atoms with Gasteiger partial charge in [-0.25, -0.2) is 4.79 Å². The third-order valence-corrected chi connectivity index (χ3v) is 3.74. The van der Waals surface area contributed by atoms with Crippen molar-refractivity contribution in [2.45, 2.75) is 65.8 Å². The standard InChI is InChI=1S/C15H28N2O3/c1-14(2)8-11(9-15(3,4)10-14)17-13(20)16-7-5-6-12(18)19/h11H,5-10H2,1-4H3,(H,18,19)(H2,16,17,20). The first-order valence-electron chi connectivity index (χ1n) is 7.36. The Morgan fingerprint density at radius 3 is 2.20 bits per heavy atom. The molecule has 0 aromatic carbocycles. The van der Waals surface area contributed by atoms with Gasteiger partial charge in [0, 0.05) is 19.0 Å². The van der Waals surface area contributed by atoms with Crippen molar-refractivity contribution in [3.63, 3.8) is 0 Å². The highest BCUT2D eigenvalue weighted by atomic mass is 16.4. The molecule has 5 heteroatoms. The topological polar surface area (TPSA) is 78.4 Å². The lowest BCUT2D eigenvalue weighted by Crippen LogP contribution is -2.49. The van der Waals surface area contributed by atoms with Gasteiger partial charge in [0.25, 0.3) is 0 Å². The number of aliphatic carboxylic acids is 1. The zero-order chi connectivity index (χ0) is 15.4.